The number of likely N-dealkylation sites (tertiary alicyclic amines) is 1. The van der Waals surface area contributed by atoms with Gasteiger partial charge in [0.2, 0.25) is 0 Å². The van der Waals surface area contributed by atoms with Crippen molar-refractivity contribution < 1.29 is 9.53 Å². The van der Waals surface area contributed by atoms with Gasteiger partial charge in [-0.15, -0.1) is 0 Å². The van der Waals surface area contributed by atoms with Crippen molar-refractivity contribution in [2.24, 2.45) is 0 Å². The number of carbonyl (C=O) groups is 1. The van der Waals surface area contributed by atoms with Gasteiger partial charge in [0.15, 0.2) is 0 Å². The minimum atomic E-state index is -0.444. The number of ether oxygens (including phenoxy) is 1. The molecule has 2 rings (SSSR count). The Morgan fingerprint density at radius 3 is 2.64 bits per heavy atom. The van der Waals surface area contributed by atoms with Gasteiger partial charge in [0.25, 0.3) is 0 Å². The van der Waals surface area contributed by atoms with Gasteiger partial charge >= 0.3 is 6.09 Å². The van der Waals surface area contributed by atoms with Crippen LogP contribution in [0.4, 0.5) is 16.2 Å². The van der Waals surface area contributed by atoms with Crippen molar-refractivity contribution in [3.63, 3.8) is 0 Å². The summed E-state index contributed by atoms with van der Waals surface area (Å²) in [7, 11) is 4.06. The predicted molar refractivity (Wildman–Crippen MR) is 90.6 cm³/mol. The van der Waals surface area contributed by atoms with Crippen LogP contribution in [0, 0.1) is 0 Å². The monoisotopic (exact) mass is 305 g/mol. The molecule has 0 aromatic heterocycles. The van der Waals surface area contributed by atoms with Crippen molar-refractivity contribution in [2.45, 2.75) is 38.8 Å². The topological polar surface area (TPSA) is 44.8 Å². The number of anilines is 2. The molecule has 122 valence electrons. The van der Waals surface area contributed by atoms with Crippen LogP contribution in [0.15, 0.2) is 24.3 Å². The van der Waals surface area contributed by atoms with Crippen molar-refractivity contribution in [3.8, 4) is 0 Å². The maximum absolute atomic E-state index is 12.1. The molecule has 1 atom stereocenters. The van der Waals surface area contributed by atoms with Crippen molar-refractivity contribution in [1.82, 2.24) is 4.90 Å². The van der Waals surface area contributed by atoms with Crippen LogP contribution in [-0.2, 0) is 4.74 Å². The number of hydrogen-bond acceptors (Lipinski definition) is 4. The second-order valence-electron chi connectivity index (χ2n) is 6.97. The number of nitrogens with one attached hydrogen (secondary N) is 1. The molecule has 1 aliphatic heterocycles. The number of rotatable bonds is 3. The lowest BCUT2D eigenvalue weighted by atomic mass is 10.2. The Kier molecular flexibility index (Phi) is 4.84. The fourth-order valence-corrected chi connectivity index (χ4v) is 2.58. The van der Waals surface area contributed by atoms with Crippen molar-refractivity contribution in [3.05, 3.63) is 24.3 Å². The highest BCUT2D eigenvalue weighted by Crippen LogP contribution is 2.26. The molecular weight excluding hydrogens is 278 g/mol. The summed E-state index contributed by atoms with van der Waals surface area (Å²) < 4.78 is 5.43. The highest BCUT2D eigenvalue weighted by molar-refractivity contribution is 5.71. The summed E-state index contributed by atoms with van der Waals surface area (Å²) in [5.41, 5.74) is 1.81. The van der Waals surface area contributed by atoms with Crippen molar-refractivity contribution in [1.29, 1.82) is 0 Å². The molecule has 1 aromatic carbocycles. The molecule has 0 saturated carbocycles. The van der Waals surface area contributed by atoms with Crippen LogP contribution in [0.25, 0.3) is 0 Å². The summed E-state index contributed by atoms with van der Waals surface area (Å²) in [4.78, 5) is 16.0. The van der Waals surface area contributed by atoms with Crippen LogP contribution in [0.3, 0.4) is 0 Å². The van der Waals surface area contributed by atoms with E-state index in [-0.39, 0.29) is 12.1 Å². The van der Waals surface area contributed by atoms with Gasteiger partial charge in [-0.1, -0.05) is 12.1 Å². The first-order valence-electron chi connectivity index (χ1n) is 7.77. The fourth-order valence-electron chi connectivity index (χ4n) is 2.58. The smallest absolute Gasteiger partial charge is 0.410 e. The first kappa shape index (κ1) is 16.5. The lowest BCUT2D eigenvalue weighted by molar-refractivity contribution is 0.0293. The molecule has 1 aromatic rings. The molecule has 0 bridgehead atoms. The van der Waals surface area contributed by atoms with E-state index in [0.717, 1.165) is 24.3 Å². The quantitative estimate of drug-likeness (QED) is 0.931. The van der Waals surface area contributed by atoms with Gasteiger partial charge < -0.3 is 19.9 Å². The normalized spacial score (nSPS) is 18.2. The van der Waals surface area contributed by atoms with E-state index >= 15 is 0 Å². The Hall–Kier alpha value is -1.91. The third kappa shape index (κ3) is 4.29. The summed E-state index contributed by atoms with van der Waals surface area (Å²) >= 11 is 0. The maximum atomic E-state index is 12.1. The SMILES string of the molecule is CN(C)c1ccccc1NC1CCN(C(=O)OC(C)(C)C)C1. The first-order valence-corrected chi connectivity index (χ1v) is 7.77. The lowest BCUT2D eigenvalue weighted by Gasteiger charge is -2.25. The second-order valence-corrected chi connectivity index (χ2v) is 6.97. The van der Waals surface area contributed by atoms with Gasteiger partial charge in [-0.2, -0.15) is 0 Å². The minimum Gasteiger partial charge on any atom is -0.444 e. The Bertz CT molecular complexity index is 523. The summed E-state index contributed by atoms with van der Waals surface area (Å²) in [6, 6.07) is 8.47. The summed E-state index contributed by atoms with van der Waals surface area (Å²) in [5, 5.41) is 3.55. The van der Waals surface area contributed by atoms with Crippen LogP contribution in [0.1, 0.15) is 27.2 Å². The standard InChI is InChI=1S/C17H27N3O2/c1-17(2,3)22-16(21)20-11-10-13(12-20)18-14-8-6-7-9-15(14)19(4)5/h6-9,13,18H,10-12H2,1-5H3. The zero-order valence-electron chi connectivity index (χ0n) is 14.2. The molecule has 1 heterocycles. The van der Waals surface area contributed by atoms with E-state index in [9.17, 15) is 4.79 Å². The highest BCUT2D eigenvalue weighted by atomic mass is 16.6. The molecule has 5 heteroatoms. The van der Waals surface area contributed by atoms with Gasteiger partial charge in [0.1, 0.15) is 5.60 Å². The molecule has 1 N–H and O–H groups in total. The van der Waals surface area contributed by atoms with E-state index < -0.39 is 5.60 Å². The van der Waals surface area contributed by atoms with Gasteiger partial charge in [0, 0.05) is 33.2 Å². The van der Waals surface area contributed by atoms with E-state index in [2.05, 4.69) is 22.3 Å². The lowest BCUT2D eigenvalue weighted by Crippen LogP contribution is -2.36. The van der Waals surface area contributed by atoms with Crippen LogP contribution in [-0.4, -0.2) is 49.8 Å². The molecule has 0 radical (unpaired) electrons. The molecule has 22 heavy (non-hydrogen) atoms. The molecule has 1 fully saturated rings. The second kappa shape index (κ2) is 6.46. The minimum absolute atomic E-state index is 0.224. The third-order valence-corrected chi connectivity index (χ3v) is 3.59. The number of amides is 1. The Morgan fingerprint density at radius 1 is 1.32 bits per heavy atom. The van der Waals surface area contributed by atoms with Crippen molar-refractivity contribution >= 4 is 17.5 Å². The van der Waals surface area contributed by atoms with Gasteiger partial charge in [-0.25, -0.2) is 4.79 Å². The molecule has 0 spiro atoms. The van der Waals surface area contributed by atoms with E-state index in [4.69, 9.17) is 4.74 Å². The molecular formula is C17H27N3O2. The third-order valence-electron chi connectivity index (χ3n) is 3.59. The summed E-state index contributed by atoms with van der Waals surface area (Å²) in [6.45, 7) is 7.09. The van der Waals surface area contributed by atoms with Crippen molar-refractivity contribution in [2.75, 3.05) is 37.4 Å². The number of nitrogens with zero attached hydrogens (tertiary/aromatic N) is 2. The van der Waals surface area contributed by atoms with E-state index in [1.807, 2.05) is 47.0 Å². The van der Waals surface area contributed by atoms with Gasteiger partial charge in [-0.05, 0) is 39.3 Å². The molecule has 1 aliphatic rings. The number of benzene rings is 1. The largest absolute Gasteiger partial charge is 0.444 e. The van der Waals surface area contributed by atoms with E-state index in [1.165, 1.54) is 0 Å². The Morgan fingerprint density at radius 2 is 2.00 bits per heavy atom. The number of carbonyl (C=O) groups excluding carboxylic acids is 1. The molecule has 1 amide bonds. The Labute approximate surface area is 133 Å². The highest BCUT2D eigenvalue weighted by Gasteiger charge is 2.29. The number of para-hydroxylation sites is 2. The van der Waals surface area contributed by atoms with Gasteiger partial charge in [0.05, 0.1) is 11.4 Å². The molecule has 5 nitrogen and oxygen atoms in total. The van der Waals surface area contributed by atoms with E-state index in [1.54, 1.807) is 4.90 Å². The summed E-state index contributed by atoms with van der Waals surface area (Å²) in [5.74, 6) is 0. The van der Waals surface area contributed by atoms with Crippen LogP contribution in [0.2, 0.25) is 0 Å². The predicted octanol–water partition coefficient (Wildman–Crippen LogP) is 3.17. The van der Waals surface area contributed by atoms with E-state index in [0.29, 0.717) is 6.54 Å². The molecule has 1 unspecified atom stereocenters. The Balaban J connectivity index is 1.96. The van der Waals surface area contributed by atoms with Crippen LogP contribution in [0.5, 0.6) is 0 Å². The molecule has 0 aliphatic carbocycles. The number of hydrogen-bond donors (Lipinski definition) is 1. The zero-order valence-corrected chi connectivity index (χ0v) is 14.2. The maximum Gasteiger partial charge on any atom is 0.410 e. The average molecular weight is 305 g/mol. The first-order chi connectivity index (χ1) is 10.3. The zero-order chi connectivity index (χ0) is 16.3. The van der Waals surface area contributed by atoms with Gasteiger partial charge in [-0.3, -0.25) is 0 Å². The van der Waals surface area contributed by atoms with Crippen LogP contribution >= 0.6 is 0 Å². The summed E-state index contributed by atoms with van der Waals surface area (Å²) in [6.07, 6.45) is 0.707. The molecule has 1 saturated heterocycles. The average Bonchev–Trinajstić information content (AvgIpc) is 2.86. The van der Waals surface area contributed by atoms with Crippen LogP contribution < -0.4 is 10.2 Å². The fraction of sp³-hybridized carbons (Fsp3) is 0.588.